The van der Waals surface area contributed by atoms with Gasteiger partial charge in [0.05, 0.1) is 0 Å². The second kappa shape index (κ2) is 4.57. The highest BCUT2D eigenvalue weighted by Crippen LogP contribution is 2.33. The third-order valence-corrected chi connectivity index (χ3v) is 5.59. The topological polar surface area (TPSA) is 0 Å². The van der Waals surface area contributed by atoms with E-state index in [1.807, 2.05) is 0 Å². The molecule has 96 valence electrons. The third-order valence-electron chi connectivity index (χ3n) is 4.10. The van der Waals surface area contributed by atoms with E-state index < -0.39 is 8.41 Å². The van der Waals surface area contributed by atoms with E-state index in [4.69, 9.17) is 0 Å². The summed E-state index contributed by atoms with van der Waals surface area (Å²) >= 11 is 0. The lowest BCUT2D eigenvalue weighted by Gasteiger charge is -2.06. The molecule has 0 amide bonds. The molecule has 0 heterocycles. The summed E-state index contributed by atoms with van der Waals surface area (Å²) in [5.74, 6) is 0. The summed E-state index contributed by atoms with van der Waals surface area (Å²) in [6.45, 7) is 9.27. The number of benzene rings is 1. The van der Waals surface area contributed by atoms with Crippen molar-refractivity contribution in [1.29, 1.82) is 0 Å². The molecule has 0 bridgehead atoms. The van der Waals surface area contributed by atoms with Gasteiger partial charge in [-0.3, -0.25) is 0 Å². The molecule has 1 heteroatoms. The first-order valence-electron chi connectivity index (χ1n) is 6.94. The van der Waals surface area contributed by atoms with Crippen molar-refractivity contribution in [2.24, 2.45) is 0 Å². The summed E-state index contributed by atoms with van der Waals surface area (Å²) in [5.41, 5.74) is 7.31. The van der Waals surface area contributed by atoms with Crippen LogP contribution in [0, 0.1) is 4.81 Å². The van der Waals surface area contributed by atoms with Gasteiger partial charge >= 0.3 is 0 Å². The lowest BCUT2D eigenvalue weighted by molar-refractivity contribution is 1.18. The molecule has 1 aromatic carbocycles. The monoisotopic (exact) mass is 264 g/mol. The van der Waals surface area contributed by atoms with Gasteiger partial charge in [-0.05, 0) is 58.7 Å². The fourth-order valence-corrected chi connectivity index (χ4v) is 4.37. The first-order chi connectivity index (χ1) is 9.08. The Morgan fingerprint density at radius 3 is 2.47 bits per heavy atom. The zero-order chi connectivity index (χ0) is 13.6. The van der Waals surface area contributed by atoms with Gasteiger partial charge in [-0.1, -0.05) is 49.0 Å². The van der Waals surface area contributed by atoms with Gasteiger partial charge in [0.15, 0.2) is 0 Å². The fraction of sp³-hybridized carbons (Fsp3) is 0.278. The number of hydrogen-bond donors (Lipinski definition) is 0. The molecule has 2 aliphatic carbocycles. The lowest BCUT2D eigenvalue weighted by Crippen LogP contribution is -2.12. The average Bonchev–Trinajstić information content (AvgIpc) is 2.93. The van der Waals surface area contributed by atoms with Crippen LogP contribution >= 0.6 is 0 Å². The number of hydrogen-bond acceptors (Lipinski definition) is 0. The Morgan fingerprint density at radius 1 is 1.05 bits per heavy atom. The molecule has 0 saturated carbocycles. The van der Waals surface area contributed by atoms with E-state index in [1.165, 1.54) is 33.1 Å². The molecule has 0 aromatic heterocycles. The predicted molar refractivity (Wildman–Crippen MR) is 85.9 cm³/mol. The van der Waals surface area contributed by atoms with Gasteiger partial charge < -0.3 is 0 Å². The Bertz CT molecular complexity index is 766. The van der Waals surface area contributed by atoms with Gasteiger partial charge in [0, 0.05) is 8.41 Å². The summed E-state index contributed by atoms with van der Waals surface area (Å²) in [7, 11) is -0.412. The Labute approximate surface area is 116 Å². The van der Waals surface area contributed by atoms with Crippen LogP contribution < -0.4 is 5.22 Å². The zero-order valence-corrected chi connectivity index (χ0v) is 13.2. The molecule has 1 aromatic rings. The molecule has 0 atom stereocenters. The minimum Gasteiger partial charge on any atom is -0.0689 e. The van der Waals surface area contributed by atoms with Crippen LogP contribution in [0.1, 0.15) is 25.8 Å². The van der Waals surface area contributed by atoms with E-state index in [1.54, 1.807) is 4.81 Å². The number of allylic oxidation sites excluding steroid dienone is 5. The molecule has 0 aliphatic heterocycles. The van der Waals surface area contributed by atoms with Gasteiger partial charge in [0.1, 0.15) is 0 Å². The summed E-state index contributed by atoms with van der Waals surface area (Å²) in [6.07, 6.45) is 8.04. The van der Waals surface area contributed by atoms with Crippen LogP contribution in [0.2, 0.25) is 13.1 Å². The van der Waals surface area contributed by atoms with Crippen molar-refractivity contribution in [2.75, 3.05) is 0 Å². The highest BCUT2D eigenvalue weighted by Gasteiger charge is 2.17. The maximum Gasteiger partial charge on any atom is 0.0136 e. The van der Waals surface area contributed by atoms with E-state index >= 15 is 0 Å². The van der Waals surface area contributed by atoms with Gasteiger partial charge in [-0.2, -0.15) is 0 Å². The van der Waals surface area contributed by atoms with Crippen LogP contribution in [-0.4, -0.2) is 8.41 Å². The third kappa shape index (κ3) is 2.02. The molecular formula is C18H20Si. The molecule has 2 aliphatic rings. The lowest BCUT2D eigenvalue weighted by atomic mass is 9.99. The minimum absolute atomic E-state index is 0.412. The van der Waals surface area contributed by atoms with Crippen LogP contribution in [0.25, 0.3) is 11.6 Å². The predicted octanol–water partition coefficient (Wildman–Crippen LogP) is 4.12. The van der Waals surface area contributed by atoms with Gasteiger partial charge in [-0.15, -0.1) is 0 Å². The highest BCUT2D eigenvalue weighted by atomic mass is 28.2. The summed E-state index contributed by atoms with van der Waals surface area (Å²) in [4.78, 5) is 1.58. The van der Waals surface area contributed by atoms with Crippen molar-refractivity contribution in [2.45, 2.75) is 33.4 Å². The summed E-state index contributed by atoms with van der Waals surface area (Å²) in [6, 6.07) is 6.79. The van der Waals surface area contributed by atoms with E-state index in [0.717, 1.165) is 6.42 Å². The second-order valence-electron chi connectivity index (χ2n) is 5.83. The molecule has 0 fully saturated rings. The van der Waals surface area contributed by atoms with E-state index in [9.17, 15) is 0 Å². The first-order valence-corrected chi connectivity index (χ1v) is 9.44. The molecular weight excluding hydrogens is 244 g/mol. The molecule has 19 heavy (non-hydrogen) atoms. The van der Waals surface area contributed by atoms with Crippen molar-refractivity contribution in [3.05, 3.63) is 62.7 Å². The molecule has 0 nitrogen and oxygen atoms in total. The molecule has 0 unspecified atom stereocenters. The maximum absolute atomic E-state index is 2.39. The second-order valence-corrected chi connectivity index (χ2v) is 8.37. The number of fused-ring (bicyclic) bond motifs is 1. The van der Waals surface area contributed by atoms with Crippen LogP contribution in [-0.2, 0) is 0 Å². The van der Waals surface area contributed by atoms with Crippen molar-refractivity contribution in [1.82, 2.24) is 0 Å². The largest absolute Gasteiger partial charge is 0.0689 e. The Morgan fingerprint density at radius 2 is 1.84 bits per heavy atom. The van der Waals surface area contributed by atoms with Crippen LogP contribution in [0.3, 0.4) is 0 Å². The van der Waals surface area contributed by atoms with E-state index in [0.29, 0.717) is 0 Å². The molecule has 0 spiro atoms. The quantitative estimate of drug-likeness (QED) is 0.669. The SMILES string of the molecule is CC1=CC=C(C2=Cc3cccc(=[Si](C)C)c3=C2C)C1. The molecule has 0 saturated heterocycles. The molecule has 3 rings (SSSR count). The van der Waals surface area contributed by atoms with E-state index in [-0.39, 0.29) is 0 Å². The Hall–Kier alpha value is -1.47. The molecule has 0 N–H and O–H groups in total. The van der Waals surface area contributed by atoms with Crippen molar-refractivity contribution in [3.8, 4) is 0 Å². The van der Waals surface area contributed by atoms with Gasteiger partial charge in [0.2, 0.25) is 0 Å². The zero-order valence-electron chi connectivity index (χ0n) is 12.2. The van der Waals surface area contributed by atoms with Crippen LogP contribution in [0.5, 0.6) is 0 Å². The Balaban J connectivity index is 2.22. The molecule has 0 radical (unpaired) electrons. The Kier molecular flexibility index (Phi) is 3.02. The van der Waals surface area contributed by atoms with Crippen LogP contribution in [0.15, 0.2) is 47.1 Å². The minimum atomic E-state index is -0.412. The number of rotatable bonds is 1. The van der Waals surface area contributed by atoms with Gasteiger partial charge in [-0.25, -0.2) is 0 Å². The maximum atomic E-state index is 2.39. The highest BCUT2D eigenvalue weighted by molar-refractivity contribution is 6.47. The summed E-state index contributed by atoms with van der Waals surface area (Å²) < 4.78 is 0. The van der Waals surface area contributed by atoms with Crippen molar-refractivity contribution < 1.29 is 0 Å². The first kappa shape index (κ1) is 12.6. The summed E-state index contributed by atoms with van der Waals surface area (Å²) in [5, 5.41) is 1.52. The smallest absolute Gasteiger partial charge is 0.0136 e. The van der Waals surface area contributed by atoms with Crippen LogP contribution in [0.4, 0.5) is 0 Å². The van der Waals surface area contributed by atoms with Crippen molar-refractivity contribution >= 4 is 20.1 Å². The van der Waals surface area contributed by atoms with Crippen molar-refractivity contribution in [3.63, 3.8) is 0 Å². The standard InChI is InChI=1S/C18H20Si/c1-12-8-9-14(10-12)16-11-15-6-5-7-17(19(3)4)18(15)13(16)2/h5-9,11H,10H2,1-4H3. The van der Waals surface area contributed by atoms with E-state index in [2.05, 4.69) is 63.4 Å². The van der Waals surface area contributed by atoms with Gasteiger partial charge in [0.25, 0.3) is 0 Å². The average molecular weight is 264 g/mol. The fourth-order valence-electron chi connectivity index (χ4n) is 3.10. The normalized spacial score (nSPS) is 17.1.